The molecule has 1 saturated heterocycles. The minimum atomic E-state index is -0.517. The number of nitrogens with one attached hydrogen (secondary N) is 1. The third-order valence-electron chi connectivity index (χ3n) is 6.93. The van der Waals surface area contributed by atoms with Crippen LogP contribution >= 0.6 is 0 Å². The molecule has 2 aromatic carbocycles. The first kappa shape index (κ1) is 20.6. The summed E-state index contributed by atoms with van der Waals surface area (Å²) < 4.78 is 5.95. The number of rotatable bonds is 5. The van der Waals surface area contributed by atoms with E-state index in [9.17, 15) is 9.59 Å². The first-order chi connectivity index (χ1) is 15.5. The Balaban J connectivity index is 1.72. The van der Waals surface area contributed by atoms with Crippen molar-refractivity contribution in [2.24, 2.45) is 0 Å². The van der Waals surface area contributed by atoms with E-state index in [2.05, 4.69) is 18.0 Å². The number of amides is 2. The van der Waals surface area contributed by atoms with Crippen molar-refractivity contribution < 1.29 is 14.3 Å². The van der Waals surface area contributed by atoms with Crippen molar-refractivity contribution in [2.45, 2.75) is 51.7 Å². The highest BCUT2D eigenvalue weighted by atomic mass is 16.5. The first-order valence-corrected chi connectivity index (χ1v) is 11.5. The highest BCUT2D eigenvalue weighted by Crippen LogP contribution is 2.45. The molecular formula is C26H29N3O3. The van der Waals surface area contributed by atoms with E-state index in [1.54, 1.807) is 9.80 Å². The zero-order valence-corrected chi connectivity index (χ0v) is 18.8. The van der Waals surface area contributed by atoms with Gasteiger partial charge < -0.3 is 19.5 Å². The lowest BCUT2D eigenvalue weighted by molar-refractivity contribution is -0.160. The van der Waals surface area contributed by atoms with Gasteiger partial charge in [0.25, 0.3) is 0 Å². The average molecular weight is 432 g/mol. The molecule has 3 heterocycles. The Hall–Kier alpha value is -3.28. The quantitative estimate of drug-likeness (QED) is 0.663. The number of benzene rings is 2. The van der Waals surface area contributed by atoms with E-state index in [0.29, 0.717) is 13.0 Å². The second kappa shape index (κ2) is 8.01. The fraction of sp³-hybridized carbons (Fsp3) is 0.385. The number of aromatic amines is 1. The molecule has 1 fully saturated rings. The molecule has 2 aliphatic heterocycles. The van der Waals surface area contributed by atoms with Crippen LogP contribution in [0.25, 0.3) is 10.9 Å². The van der Waals surface area contributed by atoms with Crippen LogP contribution < -0.4 is 4.74 Å². The number of ether oxygens (including phenoxy) is 1. The molecule has 6 heteroatoms. The summed E-state index contributed by atoms with van der Waals surface area (Å²) in [7, 11) is 0. The molecule has 0 radical (unpaired) electrons. The maximum atomic E-state index is 13.7. The van der Waals surface area contributed by atoms with Gasteiger partial charge in [0.1, 0.15) is 24.4 Å². The molecule has 0 aliphatic carbocycles. The predicted molar refractivity (Wildman–Crippen MR) is 124 cm³/mol. The molecule has 166 valence electrons. The van der Waals surface area contributed by atoms with Crippen LogP contribution in [-0.4, -0.2) is 51.8 Å². The van der Waals surface area contributed by atoms with Gasteiger partial charge in [-0.2, -0.15) is 0 Å². The van der Waals surface area contributed by atoms with Crippen molar-refractivity contribution in [3.05, 3.63) is 65.4 Å². The number of hydrogen-bond donors (Lipinski definition) is 1. The fourth-order valence-corrected chi connectivity index (χ4v) is 5.20. The number of hydrogen-bond acceptors (Lipinski definition) is 3. The zero-order valence-electron chi connectivity index (χ0n) is 18.8. The van der Waals surface area contributed by atoms with Gasteiger partial charge in [0.2, 0.25) is 11.8 Å². The number of H-pyrrole nitrogens is 1. The fourth-order valence-electron chi connectivity index (χ4n) is 5.20. The van der Waals surface area contributed by atoms with Gasteiger partial charge in [-0.1, -0.05) is 43.3 Å². The van der Waals surface area contributed by atoms with E-state index in [-0.39, 0.29) is 24.4 Å². The smallest absolute Gasteiger partial charge is 0.246 e. The molecule has 3 atom stereocenters. The van der Waals surface area contributed by atoms with Crippen molar-refractivity contribution in [1.29, 1.82) is 0 Å². The lowest BCUT2D eigenvalue weighted by atomic mass is 9.85. The Morgan fingerprint density at radius 2 is 1.84 bits per heavy atom. The van der Waals surface area contributed by atoms with E-state index in [1.807, 2.05) is 56.3 Å². The van der Waals surface area contributed by atoms with Crippen LogP contribution in [0.5, 0.6) is 5.75 Å². The lowest BCUT2D eigenvalue weighted by Gasteiger charge is -2.48. The number of fused-ring (bicyclic) bond motifs is 4. The first-order valence-electron chi connectivity index (χ1n) is 11.5. The summed E-state index contributed by atoms with van der Waals surface area (Å²) in [4.78, 5) is 34.3. The summed E-state index contributed by atoms with van der Waals surface area (Å²) in [5.74, 6) is 0.763. The van der Waals surface area contributed by atoms with Crippen LogP contribution in [0.3, 0.4) is 0 Å². The summed E-state index contributed by atoms with van der Waals surface area (Å²) in [6.45, 7) is 6.67. The Morgan fingerprint density at radius 3 is 2.62 bits per heavy atom. The molecule has 5 rings (SSSR count). The summed E-state index contributed by atoms with van der Waals surface area (Å²) >= 11 is 0. The SMILES string of the molecule is CCOc1ccccc1[C@@H]1c2[nH]c3ccccc3c2C[C@H]2C(=O)N([C@H](C)CC)CC(=O)N12. The Morgan fingerprint density at radius 1 is 1.09 bits per heavy atom. The van der Waals surface area contributed by atoms with Crippen LogP contribution in [0.4, 0.5) is 0 Å². The number of carbonyl (C=O) groups is 2. The molecule has 1 N–H and O–H groups in total. The normalized spacial score (nSPS) is 21.5. The van der Waals surface area contributed by atoms with Crippen LogP contribution in [0.2, 0.25) is 0 Å². The van der Waals surface area contributed by atoms with Gasteiger partial charge in [-0.05, 0) is 38.0 Å². The van der Waals surface area contributed by atoms with E-state index in [1.165, 1.54) is 0 Å². The molecule has 0 bridgehead atoms. The van der Waals surface area contributed by atoms with Gasteiger partial charge in [0.05, 0.1) is 6.61 Å². The molecule has 1 aromatic heterocycles. The number of carbonyl (C=O) groups excluding carboxylic acids is 2. The number of aromatic nitrogens is 1. The highest BCUT2D eigenvalue weighted by molar-refractivity contribution is 5.98. The standard InChI is InChI=1S/C26H29N3O3/c1-4-16(3)28-15-23(30)29-21(26(28)31)14-19-17-10-6-8-12-20(17)27-24(19)25(29)18-11-7-9-13-22(18)32-5-2/h6-13,16,21,25,27H,4-5,14-15H2,1-3H3/t16-,21+,25-/m1/s1. The van der Waals surface area contributed by atoms with Crippen LogP contribution in [0.15, 0.2) is 48.5 Å². The number of nitrogens with zero attached hydrogens (tertiary/aromatic N) is 2. The van der Waals surface area contributed by atoms with Crippen molar-refractivity contribution in [2.75, 3.05) is 13.2 Å². The van der Waals surface area contributed by atoms with E-state index < -0.39 is 12.1 Å². The maximum absolute atomic E-state index is 13.7. The molecular weight excluding hydrogens is 402 g/mol. The summed E-state index contributed by atoms with van der Waals surface area (Å²) in [5.41, 5.74) is 4.03. The Bertz CT molecular complexity index is 1180. The number of para-hydroxylation sites is 2. The van der Waals surface area contributed by atoms with Gasteiger partial charge in [0, 0.05) is 34.6 Å². The third kappa shape index (κ3) is 3.08. The van der Waals surface area contributed by atoms with Crippen LogP contribution in [0, 0.1) is 0 Å². The molecule has 32 heavy (non-hydrogen) atoms. The Labute approximate surface area is 188 Å². The van der Waals surface area contributed by atoms with Crippen LogP contribution in [0.1, 0.15) is 50.1 Å². The largest absolute Gasteiger partial charge is 0.494 e. The Kier molecular flexibility index (Phi) is 5.16. The predicted octanol–water partition coefficient (Wildman–Crippen LogP) is 4.05. The molecule has 6 nitrogen and oxygen atoms in total. The molecule has 0 saturated carbocycles. The van der Waals surface area contributed by atoms with Gasteiger partial charge >= 0.3 is 0 Å². The molecule has 2 amide bonds. The van der Waals surface area contributed by atoms with E-state index in [0.717, 1.165) is 39.9 Å². The summed E-state index contributed by atoms with van der Waals surface area (Å²) in [5, 5.41) is 1.11. The summed E-state index contributed by atoms with van der Waals surface area (Å²) in [6.07, 6.45) is 1.34. The van der Waals surface area contributed by atoms with Gasteiger partial charge in [0.15, 0.2) is 0 Å². The van der Waals surface area contributed by atoms with Gasteiger partial charge in [-0.25, -0.2) is 0 Å². The lowest BCUT2D eigenvalue weighted by Crippen LogP contribution is -2.64. The maximum Gasteiger partial charge on any atom is 0.246 e. The minimum Gasteiger partial charge on any atom is -0.494 e. The third-order valence-corrected chi connectivity index (χ3v) is 6.93. The second-order valence-corrected chi connectivity index (χ2v) is 8.68. The van der Waals surface area contributed by atoms with E-state index in [4.69, 9.17) is 4.74 Å². The summed E-state index contributed by atoms with van der Waals surface area (Å²) in [6, 6.07) is 15.1. The van der Waals surface area contributed by atoms with Crippen molar-refractivity contribution in [3.8, 4) is 5.75 Å². The highest BCUT2D eigenvalue weighted by Gasteiger charge is 2.49. The molecule has 3 aromatic rings. The van der Waals surface area contributed by atoms with Gasteiger partial charge in [-0.3, -0.25) is 9.59 Å². The second-order valence-electron chi connectivity index (χ2n) is 8.68. The number of piperazine rings is 1. The molecule has 0 unspecified atom stereocenters. The molecule has 2 aliphatic rings. The average Bonchev–Trinajstić information content (AvgIpc) is 3.19. The molecule has 0 spiro atoms. The van der Waals surface area contributed by atoms with E-state index >= 15 is 0 Å². The van der Waals surface area contributed by atoms with Crippen molar-refractivity contribution in [1.82, 2.24) is 14.8 Å². The minimum absolute atomic E-state index is 0.0180. The topological polar surface area (TPSA) is 65.6 Å². The zero-order chi connectivity index (χ0) is 22.4. The van der Waals surface area contributed by atoms with Crippen LogP contribution in [-0.2, 0) is 16.0 Å². The van der Waals surface area contributed by atoms with Crippen molar-refractivity contribution >= 4 is 22.7 Å². The monoisotopic (exact) mass is 431 g/mol. The van der Waals surface area contributed by atoms with Gasteiger partial charge in [-0.15, -0.1) is 0 Å². The van der Waals surface area contributed by atoms with Crippen molar-refractivity contribution in [3.63, 3.8) is 0 Å².